The van der Waals surface area contributed by atoms with E-state index in [4.69, 9.17) is 10.5 Å². The maximum atomic E-state index is 12.9. The van der Waals surface area contributed by atoms with Gasteiger partial charge >= 0.3 is 0 Å². The zero-order valence-electron chi connectivity index (χ0n) is 9.61. The van der Waals surface area contributed by atoms with E-state index >= 15 is 0 Å². The Bertz CT molecular complexity index is 508. The van der Waals surface area contributed by atoms with Crippen molar-refractivity contribution in [2.45, 2.75) is 6.54 Å². The van der Waals surface area contributed by atoms with Gasteiger partial charge in [-0.05, 0) is 35.4 Å². The van der Waals surface area contributed by atoms with Crippen molar-refractivity contribution in [3.63, 3.8) is 0 Å². The van der Waals surface area contributed by atoms with Crippen LogP contribution in [0, 0.1) is 5.82 Å². The molecule has 0 bridgehead atoms. The van der Waals surface area contributed by atoms with Crippen LogP contribution >= 0.6 is 0 Å². The molecule has 0 fully saturated rings. The monoisotopic (exact) mass is 231 g/mol. The van der Waals surface area contributed by atoms with Crippen LogP contribution in [0.15, 0.2) is 42.5 Å². The lowest BCUT2D eigenvalue weighted by molar-refractivity contribution is 0.416. The molecule has 2 nitrogen and oxygen atoms in total. The van der Waals surface area contributed by atoms with E-state index in [2.05, 4.69) is 0 Å². The summed E-state index contributed by atoms with van der Waals surface area (Å²) in [5.41, 5.74) is 8.47. The molecule has 0 saturated heterocycles. The summed E-state index contributed by atoms with van der Waals surface area (Å²) in [7, 11) is 1.62. The number of hydrogen-bond acceptors (Lipinski definition) is 2. The first-order valence-electron chi connectivity index (χ1n) is 5.37. The summed E-state index contributed by atoms with van der Waals surface area (Å²) in [5, 5.41) is 0. The number of ether oxygens (including phenoxy) is 1. The summed E-state index contributed by atoms with van der Waals surface area (Å²) >= 11 is 0. The zero-order chi connectivity index (χ0) is 12.3. The van der Waals surface area contributed by atoms with Gasteiger partial charge in [0.05, 0.1) is 7.11 Å². The van der Waals surface area contributed by atoms with Crippen molar-refractivity contribution in [3.8, 4) is 16.9 Å². The van der Waals surface area contributed by atoms with Crippen LogP contribution in [0.1, 0.15) is 5.56 Å². The van der Waals surface area contributed by atoms with Crippen LogP contribution < -0.4 is 10.5 Å². The van der Waals surface area contributed by atoms with Gasteiger partial charge in [-0.2, -0.15) is 0 Å². The quantitative estimate of drug-likeness (QED) is 0.881. The lowest BCUT2D eigenvalue weighted by Gasteiger charge is -2.10. The summed E-state index contributed by atoms with van der Waals surface area (Å²) in [4.78, 5) is 0. The Morgan fingerprint density at radius 3 is 2.41 bits per heavy atom. The number of methoxy groups -OCH3 is 1. The molecule has 3 heteroatoms. The minimum absolute atomic E-state index is 0.248. The van der Waals surface area contributed by atoms with Gasteiger partial charge in [-0.15, -0.1) is 0 Å². The smallest absolute Gasteiger partial charge is 0.126 e. The summed E-state index contributed by atoms with van der Waals surface area (Å²) < 4.78 is 18.2. The second-order valence-electron chi connectivity index (χ2n) is 3.75. The van der Waals surface area contributed by atoms with E-state index in [0.717, 1.165) is 22.4 Å². The lowest BCUT2D eigenvalue weighted by atomic mass is 10.0. The molecule has 17 heavy (non-hydrogen) atoms. The van der Waals surface area contributed by atoms with E-state index in [0.29, 0.717) is 6.54 Å². The third-order valence-electron chi connectivity index (χ3n) is 2.65. The van der Waals surface area contributed by atoms with E-state index in [1.807, 2.05) is 18.2 Å². The molecule has 0 aliphatic rings. The Kier molecular flexibility index (Phi) is 3.40. The highest BCUT2D eigenvalue weighted by Crippen LogP contribution is 2.30. The SMILES string of the molecule is COc1ccc(CN)cc1-c1ccc(F)cc1. The van der Waals surface area contributed by atoms with E-state index in [9.17, 15) is 4.39 Å². The van der Waals surface area contributed by atoms with Gasteiger partial charge in [0.1, 0.15) is 11.6 Å². The van der Waals surface area contributed by atoms with Crippen LogP contribution in [0.5, 0.6) is 5.75 Å². The number of halogens is 1. The maximum absolute atomic E-state index is 12.9. The molecule has 2 rings (SSSR count). The van der Waals surface area contributed by atoms with Gasteiger partial charge in [-0.3, -0.25) is 0 Å². The fraction of sp³-hybridized carbons (Fsp3) is 0.143. The molecule has 0 aromatic heterocycles. The third kappa shape index (κ3) is 2.45. The van der Waals surface area contributed by atoms with E-state index in [1.165, 1.54) is 12.1 Å². The van der Waals surface area contributed by atoms with Crippen molar-refractivity contribution in [1.82, 2.24) is 0 Å². The second-order valence-corrected chi connectivity index (χ2v) is 3.75. The molecule has 2 N–H and O–H groups in total. The Labute approximate surface area is 99.8 Å². The Morgan fingerprint density at radius 2 is 1.82 bits per heavy atom. The van der Waals surface area contributed by atoms with E-state index in [-0.39, 0.29) is 5.82 Å². The zero-order valence-corrected chi connectivity index (χ0v) is 9.61. The van der Waals surface area contributed by atoms with Crippen LogP contribution in [-0.4, -0.2) is 7.11 Å². The average Bonchev–Trinajstić information content (AvgIpc) is 2.39. The second kappa shape index (κ2) is 4.97. The molecule has 0 amide bonds. The highest BCUT2D eigenvalue weighted by atomic mass is 19.1. The molecule has 88 valence electrons. The Morgan fingerprint density at radius 1 is 1.12 bits per heavy atom. The standard InChI is InChI=1S/C14H14FNO/c1-17-14-7-2-10(9-16)8-13(14)11-3-5-12(15)6-4-11/h2-8H,9,16H2,1H3. The number of benzene rings is 2. The third-order valence-corrected chi connectivity index (χ3v) is 2.65. The van der Waals surface area contributed by atoms with Gasteiger partial charge in [-0.1, -0.05) is 18.2 Å². The van der Waals surface area contributed by atoms with E-state index in [1.54, 1.807) is 19.2 Å². The molecule has 0 saturated carbocycles. The van der Waals surface area contributed by atoms with Crippen LogP contribution in [0.3, 0.4) is 0 Å². The van der Waals surface area contributed by atoms with Crippen LogP contribution in [0.25, 0.3) is 11.1 Å². The molecule has 0 radical (unpaired) electrons. The van der Waals surface area contributed by atoms with Crippen LogP contribution in [-0.2, 0) is 6.54 Å². The summed E-state index contributed by atoms with van der Waals surface area (Å²) in [6.07, 6.45) is 0. The Hall–Kier alpha value is -1.87. The Balaban J connectivity index is 2.51. The molecular formula is C14H14FNO. The van der Waals surface area contributed by atoms with Gasteiger partial charge in [0.15, 0.2) is 0 Å². The molecule has 0 unspecified atom stereocenters. The number of hydrogen-bond donors (Lipinski definition) is 1. The van der Waals surface area contributed by atoms with Gasteiger partial charge in [0, 0.05) is 12.1 Å². The molecule has 2 aromatic rings. The first-order chi connectivity index (χ1) is 8.24. The molecule has 0 aliphatic heterocycles. The minimum atomic E-state index is -0.248. The normalized spacial score (nSPS) is 10.3. The highest BCUT2D eigenvalue weighted by Gasteiger charge is 2.06. The van der Waals surface area contributed by atoms with Crippen LogP contribution in [0.2, 0.25) is 0 Å². The molecule has 0 atom stereocenters. The highest BCUT2D eigenvalue weighted by molar-refractivity contribution is 5.71. The fourth-order valence-corrected chi connectivity index (χ4v) is 1.74. The predicted octanol–water partition coefficient (Wildman–Crippen LogP) is 2.96. The van der Waals surface area contributed by atoms with Gasteiger partial charge in [-0.25, -0.2) is 4.39 Å². The molecule has 2 aromatic carbocycles. The summed E-state index contributed by atoms with van der Waals surface area (Å²) in [6, 6.07) is 12.1. The molecule has 0 spiro atoms. The fourth-order valence-electron chi connectivity index (χ4n) is 1.74. The van der Waals surface area contributed by atoms with E-state index < -0.39 is 0 Å². The first kappa shape index (κ1) is 11.6. The van der Waals surface area contributed by atoms with Crippen molar-refractivity contribution in [3.05, 3.63) is 53.8 Å². The maximum Gasteiger partial charge on any atom is 0.126 e. The molecular weight excluding hydrogens is 217 g/mol. The van der Waals surface area contributed by atoms with Gasteiger partial charge in [0.2, 0.25) is 0 Å². The first-order valence-corrected chi connectivity index (χ1v) is 5.37. The minimum Gasteiger partial charge on any atom is -0.496 e. The largest absolute Gasteiger partial charge is 0.496 e. The molecule has 0 heterocycles. The van der Waals surface area contributed by atoms with Gasteiger partial charge < -0.3 is 10.5 Å². The predicted molar refractivity (Wildman–Crippen MR) is 66.3 cm³/mol. The average molecular weight is 231 g/mol. The number of rotatable bonds is 3. The van der Waals surface area contributed by atoms with Crippen molar-refractivity contribution < 1.29 is 9.13 Å². The van der Waals surface area contributed by atoms with Crippen molar-refractivity contribution in [2.24, 2.45) is 5.73 Å². The molecule has 0 aliphatic carbocycles. The summed E-state index contributed by atoms with van der Waals surface area (Å²) in [5.74, 6) is 0.511. The van der Waals surface area contributed by atoms with Crippen molar-refractivity contribution in [1.29, 1.82) is 0 Å². The van der Waals surface area contributed by atoms with Crippen molar-refractivity contribution in [2.75, 3.05) is 7.11 Å². The van der Waals surface area contributed by atoms with Crippen molar-refractivity contribution >= 4 is 0 Å². The summed E-state index contributed by atoms with van der Waals surface area (Å²) in [6.45, 7) is 0.470. The number of nitrogens with two attached hydrogens (primary N) is 1. The van der Waals surface area contributed by atoms with Crippen LogP contribution in [0.4, 0.5) is 4.39 Å². The topological polar surface area (TPSA) is 35.2 Å². The lowest BCUT2D eigenvalue weighted by Crippen LogP contribution is -1.97. The van der Waals surface area contributed by atoms with Gasteiger partial charge in [0.25, 0.3) is 0 Å².